The van der Waals surface area contributed by atoms with E-state index in [1.165, 1.54) is 154 Å². The van der Waals surface area contributed by atoms with Gasteiger partial charge in [0.2, 0.25) is 0 Å². The molecule has 0 amide bonds. The number of hydrogen-bond acceptors (Lipinski definition) is 1. The Bertz CT molecular complexity index is 293. The summed E-state index contributed by atoms with van der Waals surface area (Å²) in [5.74, 6) is 0. The third-order valence-corrected chi connectivity index (χ3v) is 6.77. The maximum absolute atomic E-state index is 6.60. The molecule has 0 aromatic carbocycles. The number of unbranched alkanes of at least 4 members (excludes halogenated alkanes) is 18. The Morgan fingerprint density at radius 3 is 0.897 bits per heavy atom. The first-order valence-electron chi connectivity index (χ1n) is 14.0. The smallest absolute Gasteiger partial charge is 0.0154 e. The highest BCUT2D eigenvalue weighted by molar-refractivity contribution is 4.82. The molecular formula is C28H59N. The van der Waals surface area contributed by atoms with E-state index in [0.29, 0.717) is 0 Å². The van der Waals surface area contributed by atoms with Crippen LogP contribution in [-0.2, 0) is 0 Å². The Balaban J connectivity index is 3.22. The molecule has 0 bridgehead atoms. The quantitative estimate of drug-likeness (QED) is 0.158. The molecule has 0 heterocycles. The lowest BCUT2D eigenvalue weighted by molar-refractivity contribution is 0.320. The van der Waals surface area contributed by atoms with Crippen molar-refractivity contribution in [3.8, 4) is 0 Å². The molecule has 1 nitrogen and oxygen atoms in total. The normalized spacial score (nSPS) is 12.0. The average molecular weight is 410 g/mol. The van der Waals surface area contributed by atoms with Crippen LogP contribution in [-0.4, -0.2) is 5.54 Å². The van der Waals surface area contributed by atoms with Crippen LogP contribution in [0.2, 0.25) is 0 Å². The van der Waals surface area contributed by atoms with Gasteiger partial charge in [-0.05, 0) is 19.3 Å². The van der Waals surface area contributed by atoms with Gasteiger partial charge in [-0.15, -0.1) is 0 Å². The summed E-state index contributed by atoms with van der Waals surface area (Å²) in [7, 11) is 0. The fourth-order valence-electron chi connectivity index (χ4n) is 4.93. The largest absolute Gasteiger partial charge is 0.325 e. The molecular weight excluding hydrogens is 350 g/mol. The molecule has 0 aromatic rings. The molecule has 0 unspecified atom stereocenters. The molecule has 0 radical (unpaired) electrons. The molecule has 0 aromatic heterocycles. The molecule has 0 aliphatic carbocycles. The van der Waals surface area contributed by atoms with Crippen LogP contribution in [0.4, 0.5) is 0 Å². The van der Waals surface area contributed by atoms with E-state index in [1.807, 2.05) is 0 Å². The van der Waals surface area contributed by atoms with Crippen LogP contribution in [0, 0.1) is 0 Å². The molecule has 0 atom stereocenters. The number of nitrogens with two attached hydrogens (primary N) is 1. The highest BCUT2D eigenvalue weighted by atomic mass is 14.7. The van der Waals surface area contributed by atoms with Gasteiger partial charge in [-0.1, -0.05) is 156 Å². The summed E-state index contributed by atoms with van der Waals surface area (Å²) in [6, 6.07) is 0. The zero-order valence-corrected chi connectivity index (χ0v) is 21.0. The van der Waals surface area contributed by atoms with E-state index < -0.39 is 0 Å². The average Bonchev–Trinajstić information content (AvgIpc) is 2.70. The van der Waals surface area contributed by atoms with Crippen molar-refractivity contribution in [3.63, 3.8) is 0 Å². The summed E-state index contributed by atoms with van der Waals surface area (Å²) in [5, 5.41) is 0. The van der Waals surface area contributed by atoms with Crippen molar-refractivity contribution in [3.05, 3.63) is 0 Å². The predicted octanol–water partition coefficient (Wildman–Crippen LogP) is 10.1. The second kappa shape index (κ2) is 22.6. The predicted molar refractivity (Wildman–Crippen MR) is 135 cm³/mol. The molecule has 2 N–H and O–H groups in total. The van der Waals surface area contributed by atoms with Gasteiger partial charge in [-0.3, -0.25) is 0 Å². The molecule has 0 rings (SSSR count). The lowest BCUT2D eigenvalue weighted by Crippen LogP contribution is -2.39. The molecule has 0 spiro atoms. The van der Waals surface area contributed by atoms with Crippen molar-refractivity contribution in [1.29, 1.82) is 0 Å². The van der Waals surface area contributed by atoms with Crippen LogP contribution < -0.4 is 5.73 Å². The summed E-state index contributed by atoms with van der Waals surface area (Å²) in [5.41, 5.74) is 6.73. The Labute approximate surface area is 186 Å². The van der Waals surface area contributed by atoms with Gasteiger partial charge in [-0.2, -0.15) is 0 Å². The van der Waals surface area contributed by atoms with Gasteiger partial charge in [-0.25, -0.2) is 0 Å². The molecule has 0 aliphatic rings. The van der Waals surface area contributed by atoms with E-state index in [4.69, 9.17) is 5.73 Å². The van der Waals surface area contributed by atoms with Crippen LogP contribution in [0.1, 0.15) is 175 Å². The van der Waals surface area contributed by atoms with Gasteiger partial charge >= 0.3 is 0 Å². The van der Waals surface area contributed by atoms with Gasteiger partial charge < -0.3 is 5.73 Å². The number of hydrogen-bond donors (Lipinski definition) is 1. The molecule has 0 saturated heterocycles. The standard InChI is InChI=1S/C28H59N/c1-4-7-8-9-10-11-12-13-14-15-16-17-18-19-20-21-22-23-24-27-28(29,25-5-2)26-6-3/h4-27,29H2,1-3H3. The molecule has 0 aliphatic heterocycles. The summed E-state index contributed by atoms with van der Waals surface area (Å²) < 4.78 is 0. The monoisotopic (exact) mass is 409 g/mol. The molecule has 0 fully saturated rings. The highest BCUT2D eigenvalue weighted by Gasteiger charge is 2.21. The maximum atomic E-state index is 6.60. The van der Waals surface area contributed by atoms with Crippen molar-refractivity contribution in [2.24, 2.45) is 5.73 Å². The van der Waals surface area contributed by atoms with Crippen molar-refractivity contribution in [2.75, 3.05) is 0 Å². The van der Waals surface area contributed by atoms with Crippen molar-refractivity contribution >= 4 is 0 Å². The zero-order chi connectivity index (χ0) is 21.5. The van der Waals surface area contributed by atoms with E-state index in [1.54, 1.807) is 0 Å². The lowest BCUT2D eigenvalue weighted by Gasteiger charge is -2.29. The first kappa shape index (κ1) is 29.0. The Kier molecular flexibility index (Phi) is 22.6. The Hall–Kier alpha value is -0.0400. The van der Waals surface area contributed by atoms with Gasteiger partial charge in [0.1, 0.15) is 0 Å². The van der Waals surface area contributed by atoms with E-state index in [2.05, 4.69) is 20.8 Å². The first-order valence-corrected chi connectivity index (χ1v) is 14.0. The fourth-order valence-corrected chi connectivity index (χ4v) is 4.93. The lowest BCUT2D eigenvalue weighted by atomic mass is 9.84. The third-order valence-electron chi connectivity index (χ3n) is 6.77. The summed E-state index contributed by atoms with van der Waals surface area (Å²) >= 11 is 0. The topological polar surface area (TPSA) is 26.0 Å². The van der Waals surface area contributed by atoms with Crippen molar-refractivity contribution in [2.45, 2.75) is 180 Å². The Morgan fingerprint density at radius 2 is 0.621 bits per heavy atom. The van der Waals surface area contributed by atoms with Crippen molar-refractivity contribution < 1.29 is 0 Å². The summed E-state index contributed by atoms with van der Waals surface area (Å²) in [4.78, 5) is 0. The minimum Gasteiger partial charge on any atom is -0.325 e. The molecule has 29 heavy (non-hydrogen) atoms. The molecule has 1 heteroatoms. The van der Waals surface area contributed by atoms with Crippen molar-refractivity contribution in [1.82, 2.24) is 0 Å². The third kappa shape index (κ3) is 21.0. The second-order valence-electron chi connectivity index (χ2n) is 9.98. The van der Waals surface area contributed by atoms with E-state index >= 15 is 0 Å². The Morgan fingerprint density at radius 1 is 0.345 bits per heavy atom. The number of rotatable bonds is 24. The highest BCUT2D eigenvalue weighted by Crippen LogP contribution is 2.24. The zero-order valence-electron chi connectivity index (χ0n) is 21.0. The second-order valence-corrected chi connectivity index (χ2v) is 9.98. The summed E-state index contributed by atoms with van der Waals surface area (Å²) in [6.45, 7) is 6.84. The van der Waals surface area contributed by atoms with Crippen LogP contribution in [0.25, 0.3) is 0 Å². The maximum Gasteiger partial charge on any atom is 0.0154 e. The van der Waals surface area contributed by atoms with Gasteiger partial charge in [0.15, 0.2) is 0 Å². The molecule has 0 saturated carbocycles. The SMILES string of the molecule is CCCCCCCCCCCCCCCCCCCCCC(N)(CCC)CCC. The van der Waals surface area contributed by atoms with E-state index in [0.717, 1.165) is 0 Å². The minimum atomic E-state index is 0.137. The fraction of sp³-hybridized carbons (Fsp3) is 1.00. The van der Waals surface area contributed by atoms with Crippen LogP contribution in [0.15, 0.2) is 0 Å². The van der Waals surface area contributed by atoms with E-state index in [9.17, 15) is 0 Å². The minimum absolute atomic E-state index is 0.137. The van der Waals surface area contributed by atoms with Gasteiger partial charge in [0.25, 0.3) is 0 Å². The van der Waals surface area contributed by atoms with Crippen LogP contribution in [0.5, 0.6) is 0 Å². The van der Waals surface area contributed by atoms with Crippen LogP contribution >= 0.6 is 0 Å². The molecule has 176 valence electrons. The van der Waals surface area contributed by atoms with E-state index in [-0.39, 0.29) is 5.54 Å². The van der Waals surface area contributed by atoms with Gasteiger partial charge in [0.05, 0.1) is 0 Å². The first-order chi connectivity index (χ1) is 14.2. The summed E-state index contributed by atoms with van der Waals surface area (Å²) in [6.07, 6.45) is 33.7. The van der Waals surface area contributed by atoms with Gasteiger partial charge in [0, 0.05) is 5.54 Å². The van der Waals surface area contributed by atoms with Crippen LogP contribution in [0.3, 0.4) is 0 Å².